The van der Waals surface area contributed by atoms with Crippen molar-refractivity contribution >= 4 is 5.97 Å². The molecule has 0 saturated heterocycles. The highest BCUT2D eigenvalue weighted by Gasteiger charge is 2.38. The number of rotatable bonds is 2. The Morgan fingerprint density at radius 2 is 2.00 bits per heavy atom. The molecule has 0 aliphatic carbocycles. The van der Waals surface area contributed by atoms with Gasteiger partial charge in [0.05, 0.1) is 12.7 Å². The number of ether oxygens (including phenoxy) is 2. The van der Waals surface area contributed by atoms with E-state index in [4.69, 9.17) is 15.2 Å². The molecule has 0 fully saturated rings. The van der Waals surface area contributed by atoms with E-state index in [2.05, 4.69) is 0 Å². The first-order chi connectivity index (χ1) is 10.6. The predicted octanol–water partition coefficient (Wildman–Crippen LogP) is 1.56. The molecular formula is C17H17NO4. The van der Waals surface area contributed by atoms with E-state index in [9.17, 15) is 9.90 Å². The summed E-state index contributed by atoms with van der Waals surface area (Å²) in [5.41, 5.74) is 6.60. The number of hydrogen-bond acceptors (Lipinski definition) is 5. The zero-order chi connectivity index (χ0) is 15.7. The molecule has 5 heteroatoms. The van der Waals surface area contributed by atoms with Crippen molar-refractivity contribution in [1.29, 1.82) is 0 Å². The lowest BCUT2D eigenvalue weighted by Crippen LogP contribution is -2.36. The monoisotopic (exact) mass is 299 g/mol. The van der Waals surface area contributed by atoms with Crippen LogP contribution >= 0.6 is 0 Å². The Hall–Kier alpha value is -2.37. The lowest BCUT2D eigenvalue weighted by Gasteiger charge is -2.28. The molecule has 0 amide bonds. The molecule has 22 heavy (non-hydrogen) atoms. The molecule has 0 radical (unpaired) electrons. The van der Waals surface area contributed by atoms with Crippen LogP contribution in [0, 0.1) is 0 Å². The van der Waals surface area contributed by atoms with Crippen molar-refractivity contribution in [2.75, 3.05) is 13.7 Å². The van der Waals surface area contributed by atoms with Crippen LogP contribution in [0.25, 0.3) is 0 Å². The normalized spacial score (nSPS) is 19.4. The standard InChI is InChI=1S/C17H17NO4/c1-21-16(19)11-5-4-7-13-12(11)9-22-15-8-3-2-6-14(15)17(13,20)10-18/h2-8,20H,9-10,18H2,1H3. The molecule has 1 aliphatic heterocycles. The van der Waals surface area contributed by atoms with Gasteiger partial charge in [-0.05, 0) is 17.7 Å². The molecule has 0 saturated carbocycles. The van der Waals surface area contributed by atoms with Crippen molar-refractivity contribution in [3.8, 4) is 5.75 Å². The van der Waals surface area contributed by atoms with E-state index in [0.717, 1.165) is 0 Å². The van der Waals surface area contributed by atoms with Crippen molar-refractivity contribution in [1.82, 2.24) is 0 Å². The van der Waals surface area contributed by atoms with E-state index in [-0.39, 0.29) is 13.2 Å². The molecule has 1 aliphatic rings. The summed E-state index contributed by atoms with van der Waals surface area (Å²) < 4.78 is 10.6. The number of hydrogen-bond donors (Lipinski definition) is 2. The summed E-state index contributed by atoms with van der Waals surface area (Å²) in [6.45, 7) is 0.144. The number of carbonyl (C=O) groups excluding carboxylic acids is 1. The molecule has 2 aromatic carbocycles. The zero-order valence-electron chi connectivity index (χ0n) is 12.2. The molecule has 2 aromatic rings. The second kappa shape index (κ2) is 5.44. The Morgan fingerprint density at radius 1 is 1.27 bits per heavy atom. The van der Waals surface area contributed by atoms with E-state index in [1.54, 1.807) is 30.3 Å². The molecule has 1 heterocycles. The summed E-state index contributed by atoms with van der Waals surface area (Å²) in [7, 11) is 1.32. The Balaban J connectivity index is 2.27. The smallest absolute Gasteiger partial charge is 0.338 e. The van der Waals surface area contributed by atoms with Crippen LogP contribution in [0.5, 0.6) is 5.75 Å². The third kappa shape index (κ3) is 2.06. The summed E-state index contributed by atoms with van der Waals surface area (Å²) in [5, 5.41) is 11.2. The van der Waals surface area contributed by atoms with Crippen molar-refractivity contribution in [2.24, 2.45) is 5.73 Å². The first kappa shape index (κ1) is 14.6. The minimum Gasteiger partial charge on any atom is -0.488 e. The second-order valence-electron chi connectivity index (χ2n) is 5.17. The van der Waals surface area contributed by atoms with Crippen molar-refractivity contribution in [2.45, 2.75) is 12.2 Å². The minimum absolute atomic E-state index is 0.0228. The second-order valence-corrected chi connectivity index (χ2v) is 5.17. The SMILES string of the molecule is COC(=O)c1cccc2c1COc1ccccc1C2(O)CN. The molecule has 0 aromatic heterocycles. The Bertz CT molecular complexity index is 728. The molecule has 114 valence electrons. The van der Waals surface area contributed by atoms with Crippen LogP contribution < -0.4 is 10.5 Å². The van der Waals surface area contributed by atoms with Crippen LogP contribution in [0.2, 0.25) is 0 Å². The maximum atomic E-state index is 12.0. The Morgan fingerprint density at radius 3 is 2.73 bits per heavy atom. The maximum Gasteiger partial charge on any atom is 0.338 e. The highest BCUT2D eigenvalue weighted by molar-refractivity contribution is 5.91. The van der Waals surface area contributed by atoms with Crippen LogP contribution in [0.3, 0.4) is 0 Å². The largest absolute Gasteiger partial charge is 0.488 e. The van der Waals surface area contributed by atoms with E-state index in [0.29, 0.717) is 28.0 Å². The molecule has 5 nitrogen and oxygen atoms in total. The predicted molar refractivity (Wildman–Crippen MR) is 80.6 cm³/mol. The zero-order valence-corrected chi connectivity index (χ0v) is 12.2. The number of benzene rings is 2. The van der Waals surface area contributed by atoms with Gasteiger partial charge in [-0.3, -0.25) is 0 Å². The van der Waals surface area contributed by atoms with E-state index < -0.39 is 11.6 Å². The van der Waals surface area contributed by atoms with Gasteiger partial charge in [0, 0.05) is 17.7 Å². The first-order valence-electron chi connectivity index (χ1n) is 6.97. The molecule has 3 rings (SSSR count). The Kier molecular flexibility index (Phi) is 3.60. The van der Waals surface area contributed by atoms with Gasteiger partial charge in [0.15, 0.2) is 0 Å². The lowest BCUT2D eigenvalue weighted by atomic mass is 9.82. The number of methoxy groups -OCH3 is 1. The fraction of sp³-hybridized carbons (Fsp3) is 0.235. The van der Waals surface area contributed by atoms with E-state index in [1.807, 2.05) is 12.1 Å². The van der Waals surface area contributed by atoms with Gasteiger partial charge in [0.2, 0.25) is 0 Å². The molecule has 1 unspecified atom stereocenters. The van der Waals surface area contributed by atoms with Gasteiger partial charge in [-0.1, -0.05) is 30.3 Å². The van der Waals surface area contributed by atoms with Gasteiger partial charge in [0.25, 0.3) is 0 Å². The molecule has 3 N–H and O–H groups in total. The van der Waals surface area contributed by atoms with E-state index in [1.165, 1.54) is 7.11 Å². The van der Waals surface area contributed by atoms with Gasteiger partial charge < -0.3 is 20.3 Å². The number of carbonyl (C=O) groups is 1. The average molecular weight is 299 g/mol. The van der Waals surface area contributed by atoms with E-state index >= 15 is 0 Å². The van der Waals surface area contributed by atoms with Gasteiger partial charge in [-0.15, -0.1) is 0 Å². The summed E-state index contributed by atoms with van der Waals surface area (Å²) >= 11 is 0. The van der Waals surface area contributed by atoms with Crippen LogP contribution in [-0.4, -0.2) is 24.7 Å². The number of esters is 1. The minimum atomic E-state index is -1.41. The third-order valence-corrected chi connectivity index (χ3v) is 4.03. The van der Waals surface area contributed by atoms with Gasteiger partial charge in [0.1, 0.15) is 18.0 Å². The number of nitrogens with two attached hydrogens (primary N) is 1. The summed E-state index contributed by atoms with van der Waals surface area (Å²) in [6.07, 6.45) is 0. The number of aliphatic hydroxyl groups is 1. The van der Waals surface area contributed by atoms with Gasteiger partial charge in [-0.2, -0.15) is 0 Å². The summed E-state index contributed by atoms with van der Waals surface area (Å²) in [6, 6.07) is 12.3. The number of para-hydroxylation sites is 1. The van der Waals surface area contributed by atoms with Crippen LogP contribution in [0.15, 0.2) is 42.5 Å². The molecule has 0 bridgehead atoms. The summed E-state index contributed by atoms with van der Waals surface area (Å²) in [5.74, 6) is 0.0910. The number of fused-ring (bicyclic) bond motifs is 2. The molecule has 1 atom stereocenters. The lowest BCUT2D eigenvalue weighted by molar-refractivity contribution is 0.0596. The fourth-order valence-corrected chi connectivity index (χ4v) is 2.88. The fourth-order valence-electron chi connectivity index (χ4n) is 2.88. The quantitative estimate of drug-likeness (QED) is 0.822. The highest BCUT2D eigenvalue weighted by Crippen LogP contribution is 2.40. The van der Waals surface area contributed by atoms with Crippen molar-refractivity contribution in [3.05, 3.63) is 64.7 Å². The van der Waals surface area contributed by atoms with Crippen LogP contribution in [0.1, 0.15) is 27.0 Å². The van der Waals surface area contributed by atoms with Crippen LogP contribution in [-0.2, 0) is 16.9 Å². The highest BCUT2D eigenvalue weighted by atomic mass is 16.5. The topological polar surface area (TPSA) is 81.8 Å². The first-order valence-corrected chi connectivity index (χ1v) is 6.97. The maximum absolute atomic E-state index is 12.0. The average Bonchev–Trinajstić information content (AvgIpc) is 2.70. The summed E-state index contributed by atoms with van der Waals surface area (Å²) in [4.78, 5) is 12.0. The van der Waals surface area contributed by atoms with Crippen molar-refractivity contribution < 1.29 is 19.4 Å². The van der Waals surface area contributed by atoms with Gasteiger partial charge >= 0.3 is 5.97 Å². The van der Waals surface area contributed by atoms with Crippen molar-refractivity contribution in [3.63, 3.8) is 0 Å². The molecular weight excluding hydrogens is 282 g/mol. The van der Waals surface area contributed by atoms with Crippen LogP contribution in [0.4, 0.5) is 0 Å². The third-order valence-electron chi connectivity index (χ3n) is 4.03. The van der Waals surface area contributed by atoms with Gasteiger partial charge in [-0.25, -0.2) is 4.79 Å². The Labute approximate surface area is 128 Å². The molecule has 0 spiro atoms.